The molecule has 1 aromatic carbocycles. The Balaban J connectivity index is 1.86. The molecule has 0 radical (unpaired) electrons. The zero-order chi connectivity index (χ0) is 13.9. The van der Waals surface area contributed by atoms with E-state index < -0.39 is 0 Å². The maximum absolute atomic E-state index is 5.15. The summed E-state index contributed by atoms with van der Waals surface area (Å²) in [5.41, 5.74) is 7.61. The topological polar surface area (TPSA) is 66.7 Å². The molecule has 20 heavy (non-hydrogen) atoms. The maximum atomic E-state index is 5.15. The van der Waals surface area contributed by atoms with Crippen LogP contribution in [0, 0.1) is 0 Å². The van der Waals surface area contributed by atoms with Crippen LogP contribution in [0.1, 0.15) is 12.5 Å². The number of rotatable bonds is 4. The molecule has 1 aliphatic heterocycles. The lowest BCUT2D eigenvalue weighted by Crippen LogP contribution is -2.40. The van der Waals surface area contributed by atoms with Crippen molar-refractivity contribution >= 4 is 5.84 Å². The van der Waals surface area contributed by atoms with Crippen molar-refractivity contribution in [2.75, 3.05) is 13.7 Å². The molecule has 0 fully saturated rings. The van der Waals surface area contributed by atoms with E-state index in [1.165, 1.54) is 0 Å². The molecule has 0 spiro atoms. The number of benzene rings is 1. The largest absolute Gasteiger partial charge is 0.497 e. The molecule has 0 amide bonds. The molecule has 3 rings (SSSR count). The molecule has 1 aromatic heterocycles. The van der Waals surface area contributed by atoms with Gasteiger partial charge in [0.2, 0.25) is 0 Å². The van der Waals surface area contributed by atoms with Gasteiger partial charge in [-0.05, 0) is 31.2 Å². The predicted molar refractivity (Wildman–Crippen MR) is 75.3 cm³/mol. The summed E-state index contributed by atoms with van der Waals surface area (Å²) in [6.45, 7) is 2.85. The van der Waals surface area contributed by atoms with E-state index in [1.807, 2.05) is 47.1 Å². The summed E-state index contributed by atoms with van der Waals surface area (Å²) in [6.07, 6.45) is 3.73. The van der Waals surface area contributed by atoms with Crippen LogP contribution in [0.5, 0.6) is 5.75 Å². The molecule has 104 valence electrons. The van der Waals surface area contributed by atoms with E-state index in [0.717, 1.165) is 29.4 Å². The van der Waals surface area contributed by atoms with Crippen LogP contribution in [0.3, 0.4) is 0 Å². The number of hydrogen-bond donors (Lipinski definition) is 2. The van der Waals surface area contributed by atoms with Gasteiger partial charge in [0.1, 0.15) is 5.75 Å². The highest BCUT2D eigenvalue weighted by molar-refractivity contribution is 5.98. The van der Waals surface area contributed by atoms with E-state index in [-0.39, 0.29) is 0 Å². The zero-order valence-corrected chi connectivity index (χ0v) is 11.4. The molecule has 2 aromatic rings. The van der Waals surface area contributed by atoms with Gasteiger partial charge < -0.3 is 4.74 Å². The number of hydrogen-bond acceptors (Lipinski definition) is 6. The molecule has 0 saturated heterocycles. The molecule has 0 atom stereocenters. The van der Waals surface area contributed by atoms with E-state index in [9.17, 15) is 0 Å². The van der Waals surface area contributed by atoms with Crippen molar-refractivity contribution in [3.8, 4) is 11.4 Å². The number of hydrazone groups is 1. The van der Waals surface area contributed by atoms with Crippen molar-refractivity contribution in [2.45, 2.75) is 6.92 Å². The first kappa shape index (κ1) is 12.5. The SMILES string of the molecule is CCN1NNN=C1c1cnn(-c2ccc(OC)cc2)c1. The second kappa shape index (κ2) is 5.22. The standard InChI is InChI=1S/C13H16N6O/c1-3-18-13(15-16-17-18)10-8-14-19(9-10)11-4-6-12(20-2)7-5-11/h4-9,16-17H,3H2,1-2H3. The third kappa shape index (κ3) is 2.19. The van der Waals surface area contributed by atoms with Crippen molar-refractivity contribution in [3.05, 3.63) is 42.2 Å². The Morgan fingerprint density at radius 3 is 2.75 bits per heavy atom. The molecule has 7 nitrogen and oxygen atoms in total. The van der Waals surface area contributed by atoms with Crippen LogP contribution in [0.15, 0.2) is 41.8 Å². The van der Waals surface area contributed by atoms with Gasteiger partial charge in [0.25, 0.3) is 0 Å². The summed E-state index contributed by atoms with van der Waals surface area (Å²) >= 11 is 0. The summed E-state index contributed by atoms with van der Waals surface area (Å²) in [5.74, 6) is 1.65. The van der Waals surface area contributed by atoms with Crippen molar-refractivity contribution in [1.82, 2.24) is 25.9 Å². The molecular weight excluding hydrogens is 256 g/mol. The number of methoxy groups -OCH3 is 1. The third-order valence-corrected chi connectivity index (χ3v) is 3.10. The fourth-order valence-corrected chi connectivity index (χ4v) is 2.02. The van der Waals surface area contributed by atoms with Gasteiger partial charge >= 0.3 is 0 Å². The molecule has 0 bridgehead atoms. The average molecular weight is 272 g/mol. The van der Waals surface area contributed by atoms with Crippen LogP contribution in [-0.2, 0) is 0 Å². The van der Waals surface area contributed by atoms with Gasteiger partial charge in [0.05, 0.1) is 24.6 Å². The first-order valence-electron chi connectivity index (χ1n) is 6.37. The lowest BCUT2D eigenvalue weighted by Gasteiger charge is -2.14. The summed E-state index contributed by atoms with van der Waals surface area (Å²) in [6, 6.07) is 7.73. The highest BCUT2D eigenvalue weighted by atomic mass is 16.5. The number of nitrogens with zero attached hydrogens (tertiary/aromatic N) is 4. The van der Waals surface area contributed by atoms with Crippen LogP contribution in [0.4, 0.5) is 0 Å². The van der Waals surface area contributed by atoms with Gasteiger partial charge in [-0.15, -0.1) is 10.6 Å². The van der Waals surface area contributed by atoms with E-state index in [0.29, 0.717) is 0 Å². The van der Waals surface area contributed by atoms with Gasteiger partial charge in [0.15, 0.2) is 5.84 Å². The minimum atomic E-state index is 0.805. The highest BCUT2D eigenvalue weighted by Crippen LogP contribution is 2.15. The summed E-state index contributed by atoms with van der Waals surface area (Å²) < 4.78 is 6.96. The second-order valence-corrected chi connectivity index (χ2v) is 4.27. The molecular formula is C13H16N6O. The number of amidine groups is 1. The van der Waals surface area contributed by atoms with Crippen LogP contribution in [0.2, 0.25) is 0 Å². The van der Waals surface area contributed by atoms with Crippen LogP contribution in [0.25, 0.3) is 5.69 Å². The Hall–Kier alpha value is -2.54. The Bertz CT molecular complexity index is 618. The smallest absolute Gasteiger partial charge is 0.176 e. The van der Waals surface area contributed by atoms with Gasteiger partial charge in [-0.25, -0.2) is 10.2 Å². The minimum absolute atomic E-state index is 0.805. The summed E-state index contributed by atoms with van der Waals surface area (Å²) in [7, 11) is 1.65. The van der Waals surface area contributed by atoms with Gasteiger partial charge in [0, 0.05) is 12.7 Å². The van der Waals surface area contributed by atoms with Crippen molar-refractivity contribution in [2.24, 2.45) is 5.10 Å². The van der Waals surface area contributed by atoms with E-state index in [4.69, 9.17) is 4.74 Å². The van der Waals surface area contributed by atoms with Crippen molar-refractivity contribution < 1.29 is 4.74 Å². The molecule has 0 unspecified atom stereocenters. The molecule has 1 aliphatic rings. The molecule has 0 aliphatic carbocycles. The third-order valence-electron chi connectivity index (χ3n) is 3.10. The van der Waals surface area contributed by atoms with Gasteiger partial charge in [-0.2, -0.15) is 5.10 Å². The van der Waals surface area contributed by atoms with Gasteiger partial charge in [-0.3, -0.25) is 5.01 Å². The number of nitrogens with one attached hydrogen (secondary N) is 2. The fourth-order valence-electron chi connectivity index (χ4n) is 2.02. The van der Waals surface area contributed by atoms with Crippen LogP contribution >= 0.6 is 0 Å². The van der Waals surface area contributed by atoms with Crippen molar-refractivity contribution in [1.29, 1.82) is 0 Å². The number of ether oxygens (including phenoxy) is 1. The highest BCUT2D eigenvalue weighted by Gasteiger charge is 2.18. The molecule has 0 saturated carbocycles. The van der Waals surface area contributed by atoms with E-state index >= 15 is 0 Å². The predicted octanol–water partition coefficient (Wildman–Crippen LogP) is 0.887. The monoisotopic (exact) mass is 272 g/mol. The summed E-state index contributed by atoms with van der Waals surface area (Å²) in [4.78, 5) is 0. The zero-order valence-electron chi connectivity index (χ0n) is 11.4. The van der Waals surface area contributed by atoms with Crippen LogP contribution < -0.4 is 15.8 Å². The normalized spacial score (nSPS) is 14.1. The molecule has 7 heteroatoms. The molecule has 2 N–H and O–H groups in total. The Labute approximate surface area is 116 Å². The van der Waals surface area contributed by atoms with Gasteiger partial charge in [-0.1, -0.05) is 0 Å². The van der Waals surface area contributed by atoms with E-state index in [1.54, 1.807) is 13.3 Å². The lowest BCUT2D eigenvalue weighted by molar-refractivity contribution is 0.308. The first-order chi connectivity index (χ1) is 9.81. The minimum Gasteiger partial charge on any atom is -0.497 e. The Morgan fingerprint density at radius 1 is 1.25 bits per heavy atom. The number of aromatic nitrogens is 2. The first-order valence-corrected chi connectivity index (χ1v) is 6.37. The van der Waals surface area contributed by atoms with Crippen molar-refractivity contribution in [3.63, 3.8) is 0 Å². The van der Waals surface area contributed by atoms with Crippen LogP contribution in [-0.4, -0.2) is 34.3 Å². The average Bonchev–Trinajstić information content (AvgIpc) is 3.15. The number of hydrazine groups is 2. The second-order valence-electron chi connectivity index (χ2n) is 4.27. The Kier molecular flexibility index (Phi) is 3.26. The van der Waals surface area contributed by atoms with E-state index in [2.05, 4.69) is 21.3 Å². The fraction of sp³-hybridized carbons (Fsp3) is 0.231. The molecule has 2 heterocycles. The summed E-state index contributed by atoms with van der Waals surface area (Å²) in [5, 5.41) is 10.5. The lowest BCUT2D eigenvalue weighted by atomic mass is 10.3. The Morgan fingerprint density at radius 2 is 2.05 bits per heavy atom. The maximum Gasteiger partial charge on any atom is 0.176 e. The quantitative estimate of drug-likeness (QED) is 0.865.